The Balaban J connectivity index is 1.85. The van der Waals surface area contributed by atoms with Crippen molar-refractivity contribution in [3.63, 3.8) is 0 Å². The minimum Gasteiger partial charge on any atom is -0.381 e. The second-order valence-electron chi connectivity index (χ2n) is 5.88. The van der Waals surface area contributed by atoms with Gasteiger partial charge in [-0.3, -0.25) is 0 Å². The number of hydrogen-bond donors (Lipinski definition) is 1. The van der Waals surface area contributed by atoms with Crippen molar-refractivity contribution in [3.8, 4) is 0 Å². The van der Waals surface area contributed by atoms with Gasteiger partial charge in [0.1, 0.15) is 5.15 Å². The summed E-state index contributed by atoms with van der Waals surface area (Å²) in [6, 6.07) is 4.45. The zero-order valence-electron chi connectivity index (χ0n) is 12.1. The third-order valence-electron chi connectivity index (χ3n) is 3.62. The third-order valence-corrected chi connectivity index (χ3v) is 3.83. The van der Waals surface area contributed by atoms with Gasteiger partial charge in [0, 0.05) is 25.7 Å². The van der Waals surface area contributed by atoms with Crippen LogP contribution in [0.1, 0.15) is 32.4 Å². The predicted molar refractivity (Wildman–Crippen MR) is 81.9 cm³/mol. The highest BCUT2D eigenvalue weighted by atomic mass is 35.5. The second-order valence-corrected chi connectivity index (χ2v) is 6.27. The summed E-state index contributed by atoms with van der Waals surface area (Å²) in [5.74, 6) is 0.757. The van der Waals surface area contributed by atoms with Crippen LogP contribution in [0.5, 0.6) is 0 Å². The number of halogens is 1. The number of hydrogen-bond acceptors (Lipinski definition) is 3. The van der Waals surface area contributed by atoms with E-state index in [4.69, 9.17) is 11.6 Å². The monoisotopic (exact) mass is 281 g/mol. The molecule has 3 nitrogen and oxygen atoms in total. The van der Waals surface area contributed by atoms with Crippen LogP contribution in [0.15, 0.2) is 12.1 Å². The van der Waals surface area contributed by atoms with E-state index in [0.717, 1.165) is 17.3 Å². The van der Waals surface area contributed by atoms with E-state index >= 15 is 0 Å². The van der Waals surface area contributed by atoms with E-state index in [9.17, 15) is 0 Å². The van der Waals surface area contributed by atoms with Gasteiger partial charge in [-0.2, -0.15) is 0 Å². The maximum atomic E-state index is 5.88. The molecule has 0 atom stereocenters. The molecule has 0 amide bonds. The molecule has 2 rings (SSSR count). The van der Waals surface area contributed by atoms with Crippen molar-refractivity contribution >= 4 is 17.3 Å². The third kappa shape index (κ3) is 4.36. The first-order valence-electron chi connectivity index (χ1n) is 7.16. The van der Waals surface area contributed by atoms with Crippen molar-refractivity contribution < 1.29 is 0 Å². The Morgan fingerprint density at radius 3 is 2.63 bits per heavy atom. The van der Waals surface area contributed by atoms with Crippen molar-refractivity contribution in [3.05, 3.63) is 23.0 Å². The van der Waals surface area contributed by atoms with Gasteiger partial charge in [-0.15, -0.1) is 0 Å². The summed E-state index contributed by atoms with van der Waals surface area (Å²) >= 11 is 5.88. The molecule has 1 aliphatic heterocycles. The Kier molecular flexibility index (Phi) is 5.06. The summed E-state index contributed by atoms with van der Waals surface area (Å²) in [5.41, 5.74) is 2.10. The van der Waals surface area contributed by atoms with Gasteiger partial charge < -0.3 is 10.2 Å². The number of pyridine rings is 1. The van der Waals surface area contributed by atoms with Gasteiger partial charge in [-0.05, 0) is 37.8 Å². The van der Waals surface area contributed by atoms with Crippen molar-refractivity contribution in [2.24, 2.45) is 5.92 Å². The highest BCUT2D eigenvalue weighted by Crippen LogP contribution is 2.20. The maximum Gasteiger partial charge on any atom is 0.129 e. The molecular weight excluding hydrogens is 258 g/mol. The Morgan fingerprint density at radius 2 is 2.05 bits per heavy atom. The fourth-order valence-electron chi connectivity index (χ4n) is 2.68. The zero-order valence-corrected chi connectivity index (χ0v) is 12.9. The van der Waals surface area contributed by atoms with E-state index in [0.29, 0.717) is 11.2 Å². The van der Waals surface area contributed by atoms with Crippen LogP contribution in [-0.2, 0) is 0 Å². The SMILES string of the molecule is Cc1nc(Cl)ccc1NC1CCN(CC(C)C)CC1. The van der Waals surface area contributed by atoms with Gasteiger partial charge in [0.2, 0.25) is 0 Å². The quantitative estimate of drug-likeness (QED) is 0.855. The lowest BCUT2D eigenvalue weighted by molar-refractivity contribution is 0.198. The van der Waals surface area contributed by atoms with Crippen molar-refractivity contribution in [2.45, 2.75) is 39.7 Å². The molecule has 106 valence electrons. The van der Waals surface area contributed by atoms with Gasteiger partial charge in [0.25, 0.3) is 0 Å². The number of anilines is 1. The normalized spacial score (nSPS) is 17.9. The molecular formula is C15H24ClN3. The maximum absolute atomic E-state index is 5.88. The van der Waals surface area contributed by atoms with Gasteiger partial charge in [-0.25, -0.2) is 4.98 Å². The molecule has 1 aromatic heterocycles. The highest BCUT2D eigenvalue weighted by Gasteiger charge is 2.19. The number of likely N-dealkylation sites (tertiary alicyclic amines) is 1. The lowest BCUT2D eigenvalue weighted by Gasteiger charge is -2.33. The fraction of sp³-hybridized carbons (Fsp3) is 0.667. The molecule has 0 saturated carbocycles. The predicted octanol–water partition coefficient (Wildman–Crippen LogP) is 3.58. The molecule has 0 aromatic carbocycles. The molecule has 1 saturated heterocycles. The smallest absolute Gasteiger partial charge is 0.129 e. The largest absolute Gasteiger partial charge is 0.381 e. The minimum atomic E-state index is 0.560. The summed E-state index contributed by atoms with van der Waals surface area (Å²) in [7, 11) is 0. The first kappa shape index (κ1) is 14.6. The van der Waals surface area contributed by atoms with Crippen LogP contribution >= 0.6 is 11.6 Å². The lowest BCUT2D eigenvalue weighted by Crippen LogP contribution is -2.40. The molecule has 1 aliphatic rings. The average molecular weight is 282 g/mol. The summed E-state index contributed by atoms with van der Waals surface area (Å²) < 4.78 is 0. The summed E-state index contributed by atoms with van der Waals surface area (Å²) in [6.07, 6.45) is 2.41. The molecule has 1 fully saturated rings. The number of piperidine rings is 1. The van der Waals surface area contributed by atoms with E-state index in [1.807, 2.05) is 19.1 Å². The van der Waals surface area contributed by atoms with Crippen LogP contribution in [0.4, 0.5) is 5.69 Å². The van der Waals surface area contributed by atoms with Crippen LogP contribution in [0.25, 0.3) is 0 Å². The number of nitrogens with zero attached hydrogens (tertiary/aromatic N) is 2. The fourth-order valence-corrected chi connectivity index (χ4v) is 2.87. The van der Waals surface area contributed by atoms with Crippen LogP contribution in [0, 0.1) is 12.8 Å². The summed E-state index contributed by atoms with van der Waals surface area (Å²) in [4.78, 5) is 6.85. The van der Waals surface area contributed by atoms with E-state index in [2.05, 4.69) is 29.0 Å². The van der Waals surface area contributed by atoms with Gasteiger partial charge in [0.05, 0.1) is 11.4 Å². The summed E-state index contributed by atoms with van der Waals surface area (Å²) in [6.45, 7) is 10.2. The van der Waals surface area contributed by atoms with Crippen LogP contribution in [0.3, 0.4) is 0 Å². The molecule has 19 heavy (non-hydrogen) atoms. The molecule has 2 heterocycles. The molecule has 0 aliphatic carbocycles. The van der Waals surface area contributed by atoms with Crippen LogP contribution in [0.2, 0.25) is 5.15 Å². The number of rotatable bonds is 4. The highest BCUT2D eigenvalue weighted by molar-refractivity contribution is 6.29. The molecule has 0 spiro atoms. The van der Waals surface area contributed by atoms with Crippen LogP contribution in [-0.4, -0.2) is 35.6 Å². The van der Waals surface area contributed by atoms with Crippen LogP contribution < -0.4 is 5.32 Å². The minimum absolute atomic E-state index is 0.560. The van der Waals surface area contributed by atoms with Gasteiger partial charge in [0.15, 0.2) is 0 Å². The van der Waals surface area contributed by atoms with Crippen molar-refractivity contribution in [1.82, 2.24) is 9.88 Å². The molecule has 1 aromatic rings. The first-order valence-corrected chi connectivity index (χ1v) is 7.54. The van der Waals surface area contributed by atoms with Gasteiger partial charge >= 0.3 is 0 Å². The Bertz CT molecular complexity index is 412. The lowest BCUT2D eigenvalue weighted by atomic mass is 10.0. The number of nitrogens with one attached hydrogen (secondary N) is 1. The van der Waals surface area contributed by atoms with E-state index in [-0.39, 0.29) is 0 Å². The molecule has 1 N–H and O–H groups in total. The topological polar surface area (TPSA) is 28.2 Å². The van der Waals surface area contributed by atoms with E-state index < -0.39 is 0 Å². The Hall–Kier alpha value is -0.800. The van der Waals surface area contributed by atoms with E-state index in [1.54, 1.807) is 0 Å². The number of aryl methyl sites for hydroxylation is 1. The standard InChI is InChI=1S/C15H24ClN3/c1-11(2)10-19-8-6-13(7-9-19)18-14-4-5-15(16)17-12(14)3/h4-5,11,13,18H,6-10H2,1-3H3. The molecule has 0 unspecified atom stereocenters. The average Bonchev–Trinajstić information content (AvgIpc) is 2.34. The Morgan fingerprint density at radius 1 is 1.37 bits per heavy atom. The number of aromatic nitrogens is 1. The molecule has 4 heteroatoms. The van der Waals surface area contributed by atoms with Crippen molar-refractivity contribution in [2.75, 3.05) is 25.0 Å². The van der Waals surface area contributed by atoms with E-state index in [1.165, 1.54) is 32.5 Å². The second kappa shape index (κ2) is 6.58. The molecule has 0 radical (unpaired) electrons. The first-order chi connectivity index (χ1) is 9.04. The van der Waals surface area contributed by atoms with Crippen molar-refractivity contribution in [1.29, 1.82) is 0 Å². The summed E-state index contributed by atoms with van der Waals surface area (Å²) in [5, 5.41) is 4.17. The van der Waals surface area contributed by atoms with Gasteiger partial charge in [-0.1, -0.05) is 25.4 Å². The zero-order chi connectivity index (χ0) is 13.8. The Labute approximate surface area is 121 Å². The molecule has 0 bridgehead atoms.